The minimum atomic E-state index is -1.36. The number of phenolic OH excluding ortho intramolecular Hbond substituents is 1. The van der Waals surface area contributed by atoms with Gasteiger partial charge in [-0.3, -0.25) is 24.1 Å². The SMILES string of the molecule is CCOc1cccc([C@H]2C3=CC[C@@H]4C(=O)N(C5CCCCC5)C(=O)[C@@H]4[C@@H]3C[C@H]3C(=O)N(c4ccc(F)c(Cl)c4)C(=O)[C@@]23C)c1O. The van der Waals surface area contributed by atoms with Gasteiger partial charge in [-0.1, -0.05) is 54.6 Å². The number of halogens is 2. The highest BCUT2D eigenvalue weighted by molar-refractivity contribution is 6.31. The smallest absolute Gasteiger partial charge is 0.241 e. The van der Waals surface area contributed by atoms with Crippen LogP contribution in [-0.4, -0.2) is 46.3 Å². The van der Waals surface area contributed by atoms with Crippen LogP contribution in [0.5, 0.6) is 11.5 Å². The molecule has 2 saturated heterocycles. The molecule has 0 aromatic heterocycles. The Bertz CT molecular complexity index is 1650. The number of hydrogen-bond donors (Lipinski definition) is 1. The number of allylic oxidation sites excluding steroid dienone is 2. The minimum Gasteiger partial charge on any atom is -0.504 e. The highest BCUT2D eigenvalue weighted by atomic mass is 35.5. The highest BCUT2D eigenvalue weighted by Crippen LogP contribution is 2.65. The summed E-state index contributed by atoms with van der Waals surface area (Å²) in [7, 11) is 0. The van der Waals surface area contributed by atoms with Crippen LogP contribution in [0.15, 0.2) is 48.0 Å². The first-order valence-corrected chi connectivity index (χ1v) is 16.3. The zero-order chi connectivity index (χ0) is 31.8. The van der Waals surface area contributed by atoms with E-state index in [1.54, 1.807) is 32.0 Å². The summed E-state index contributed by atoms with van der Waals surface area (Å²) in [5, 5.41) is 11.3. The summed E-state index contributed by atoms with van der Waals surface area (Å²) < 4.78 is 19.8. The van der Waals surface area contributed by atoms with E-state index in [-0.39, 0.29) is 46.5 Å². The summed E-state index contributed by atoms with van der Waals surface area (Å²) in [5.74, 6) is -5.18. The Balaban J connectivity index is 1.37. The standard InChI is InChI=1S/C35H36ClFN2O6/c1-3-45-27-11-7-10-22(30(27)40)29-20-13-14-21-28(33(43)38(31(21)41)18-8-5-4-6-9-18)23(20)17-24-32(42)39(34(44)35(24,29)2)19-12-15-26(37)25(36)16-19/h7,10-13,15-16,18,21,23-24,28-29,40H,3-6,8-9,14,17H2,1-2H3/t21-,23+,24-,28-,29+,35+/m0/s1. The maximum atomic E-state index is 14.6. The zero-order valence-electron chi connectivity index (χ0n) is 25.3. The van der Waals surface area contributed by atoms with Crippen molar-refractivity contribution in [2.24, 2.45) is 29.1 Å². The Kier molecular flexibility index (Phi) is 7.30. The fraction of sp³-hybridized carbons (Fsp3) is 0.486. The molecule has 0 bridgehead atoms. The number of hydrogen-bond acceptors (Lipinski definition) is 6. The molecule has 0 unspecified atom stereocenters. The van der Waals surface area contributed by atoms with Gasteiger partial charge in [-0.05, 0) is 69.7 Å². The second kappa shape index (κ2) is 11.0. The number of anilines is 1. The lowest BCUT2D eigenvalue weighted by Crippen LogP contribution is -2.49. The normalized spacial score (nSPS) is 31.6. The zero-order valence-corrected chi connectivity index (χ0v) is 26.1. The largest absolute Gasteiger partial charge is 0.504 e. The Morgan fingerprint density at radius 3 is 2.49 bits per heavy atom. The molecule has 4 amide bonds. The predicted octanol–water partition coefficient (Wildman–Crippen LogP) is 6.15. The lowest BCUT2D eigenvalue weighted by Gasteiger charge is -2.49. The molecule has 10 heteroatoms. The van der Waals surface area contributed by atoms with Crippen LogP contribution >= 0.6 is 11.6 Å². The van der Waals surface area contributed by atoms with Gasteiger partial charge in [0, 0.05) is 17.5 Å². The van der Waals surface area contributed by atoms with Gasteiger partial charge in [-0.15, -0.1) is 0 Å². The van der Waals surface area contributed by atoms with Gasteiger partial charge in [0.05, 0.1) is 40.5 Å². The first-order valence-electron chi connectivity index (χ1n) is 15.9. The molecule has 0 spiro atoms. The Morgan fingerprint density at radius 2 is 1.78 bits per heavy atom. The van der Waals surface area contributed by atoms with E-state index in [2.05, 4.69) is 0 Å². The maximum absolute atomic E-state index is 14.6. The molecular formula is C35H36ClFN2O6. The first-order chi connectivity index (χ1) is 21.6. The van der Waals surface area contributed by atoms with Gasteiger partial charge in [0.25, 0.3) is 0 Å². The van der Waals surface area contributed by atoms with Crippen LogP contribution in [-0.2, 0) is 19.2 Å². The van der Waals surface area contributed by atoms with Crippen LogP contribution in [0.2, 0.25) is 5.02 Å². The number of fused-ring (bicyclic) bond motifs is 4. The number of nitrogens with zero attached hydrogens (tertiary/aromatic N) is 2. The number of para-hydroxylation sites is 1. The summed E-state index contributed by atoms with van der Waals surface area (Å²) in [6, 6.07) is 8.73. The fourth-order valence-electron chi connectivity index (χ4n) is 9.00. The topological polar surface area (TPSA) is 104 Å². The number of rotatable bonds is 5. The summed E-state index contributed by atoms with van der Waals surface area (Å²) in [6.45, 7) is 3.84. The molecule has 2 aromatic rings. The molecule has 2 saturated carbocycles. The highest BCUT2D eigenvalue weighted by Gasteiger charge is 2.68. The molecule has 6 atom stereocenters. The number of amides is 4. The Morgan fingerprint density at radius 1 is 1.02 bits per heavy atom. The minimum absolute atomic E-state index is 0.113. The van der Waals surface area contributed by atoms with Crippen LogP contribution in [0.25, 0.3) is 0 Å². The molecule has 4 fully saturated rings. The van der Waals surface area contributed by atoms with E-state index in [9.17, 15) is 28.7 Å². The second-order valence-electron chi connectivity index (χ2n) is 13.2. The fourth-order valence-corrected chi connectivity index (χ4v) is 9.17. The molecule has 0 radical (unpaired) electrons. The van der Waals surface area contributed by atoms with E-state index in [0.29, 0.717) is 18.6 Å². The summed E-state index contributed by atoms with van der Waals surface area (Å²) in [5.41, 5.74) is 0.00237. The number of aromatic hydroxyl groups is 1. The van der Waals surface area contributed by atoms with Gasteiger partial charge in [-0.25, -0.2) is 9.29 Å². The molecular weight excluding hydrogens is 599 g/mol. The van der Waals surface area contributed by atoms with Gasteiger partial charge in [0.1, 0.15) is 5.82 Å². The molecule has 2 aromatic carbocycles. The third-order valence-electron chi connectivity index (χ3n) is 11.1. The second-order valence-corrected chi connectivity index (χ2v) is 13.6. The van der Waals surface area contributed by atoms with Gasteiger partial charge in [0.2, 0.25) is 23.6 Å². The predicted molar refractivity (Wildman–Crippen MR) is 164 cm³/mol. The summed E-state index contributed by atoms with van der Waals surface area (Å²) in [6.07, 6.45) is 7.13. The van der Waals surface area contributed by atoms with Crippen LogP contribution in [0.1, 0.15) is 70.3 Å². The third-order valence-corrected chi connectivity index (χ3v) is 11.3. The Labute approximate surface area is 266 Å². The van der Waals surface area contributed by atoms with Crippen LogP contribution < -0.4 is 9.64 Å². The summed E-state index contributed by atoms with van der Waals surface area (Å²) in [4.78, 5) is 59.5. The first kappa shape index (κ1) is 30.0. The van der Waals surface area contributed by atoms with Crippen LogP contribution in [0.3, 0.4) is 0 Å². The van der Waals surface area contributed by atoms with Crippen molar-refractivity contribution in [2.75, 3.05) is 11.5 Å². The van der Waals surface area contributed by atoms with E-state index in [1.807, 2.05) is 6.08 Å². The Hall–Kier alpha value is -3.72. The van der Waals surface area contributed by atoms with E-state index in [1.165, 1.54) is 17.0 Å². The van der Waals surface area contributed by atoms with Crippen molar-refractivity contribution in [2.45, 2.75) is 70.8 Å². The molecule has 236 valence electrons. The van der Waals surface area contributed by atoms with E-state index in [0.717, 1.165) is 48.6 Å². The van der Waals surface area contributed by atoms with Crippen molar-refractivity contribution in [3.63, 3.8) is 0 Å². The molecule has 2 aliphatic heterocycles. The number of ether oxygens (including phenoxy) is 1. The van der Waals surface area contributed by atoms with Crippen molar-refractivity contribution in [1.29, 1.82) is 0 Å². The van der Waals surface area contributed by atoms with Crippen molar-refractivity contribution >= 4 is 40.9 Å². The molecule has 7 rings (SSSR count). The van der Waals surface area contributed by atoms with E-state index in [4.69, 9.17) is 16.3 Å². The molecule has 3 aliphatic carbocycles. The summed E-state index contributed by atoms with van der Waals surface area (Å²) >= 11 is 6.08. The maximum Gasteiger partial charge on any atom is 0.241 e. The number of phenols is 1. The number of carbonyl (C=O) groups excluding carboxylic acids is 4. The van der Waals surface area contributed by atoms with Gasteiger partial charge < -0.3 is 9.84 Å². The van der Waals surface area contributed by atoms with Crippen molar-refractivity contribution in [1.82, 2.24) is 4.90 Å². The average molecular weight is 635 g/mol. The van der Waals surface area contributed by atoms with Gasteiger partial charge >= 0.3 is 0 Å². The number of benzene rings is 2. The molecule has 45 heavy (non-hydrogen) atoms. The third kappa shape index (κ3) is 4.29. The van der Waals surface area contributed by atoms with Crippen molar-refractivity contribution < 1.29 is 33.4 Å². The van der Waals surface area contributed by atoms with Crippen LogP contribution in [0, 0.1) is 34.9 Å². The lowest BCUT2D eigenvalue weighted by atomic mass is 9.51. The quantitative estimate of drug-likeness (QED) is 0.313. The van der Waals surface area contributed by atoms with Gasteiger partial charge in [0.15, 0.2) is 11.5 Å². The van der Waals surface area contributed by atoms with Crippen molar-refractivity contribution in [3.8, 4) is 11.5 Å². The number of carbonyl (C=O) groups is 4. The molecule has 5 aliphatic rings. The average Bonchev–Trinajstić information content (AvgIpc) is 3.40. The molecule has 8 nitrogen and oxygen atoms in total. The van der Waals surface area contributed by atoms with E-state index >= 15 is 0 Å². The van der Waals surface area contributed by atoms with E-state index < -0.39 is 52.6 Å². The van der Waals surface area contributed by atoms with Crippen molar-refractivity contribution in [3.05, 3.63) is 64.5 Å². The lowest BCUT2D eigenvalue weighted by molar-refractivity contribution is -0.144. The number of likely N-dealkylation sites (tertiary alicyclic amines) is 1. The monoisotopic (exact) mass is 634 g/mol. The van der Waals surface area contributed by atoms with Crippen LogP contribution in [0.4, 0.5) is 10.1 Å². The molecule has 1 N–H and O–H groups in total. The van der Waals surface area contributed by atoms with Gasteiger partial charge in [-0.2, -0.15) is 0 Å². The molecule has 2 heterocycles. The number of imide groups is 2.